The van der Waals surface area contributed by atoms with Gasteiger partial charge in [0.1, 0.15) is 23.3 Å². The zero-order valence-electron chi connectivity index (χ0n) is 47.3. The minimum Gasteiger partial charge on any atom is -0.467 e. The summed E-state index contributed by atoms with van der Waals surface area (Å²) >= 11 is 0.250. The predicted molar refractivity (Wildman–Crippen MR) is 295 cm³/mol. The number of ether oxygens (including phenoxy) is 4. The molecule has 2 atom stereocenters. The van der Waals surface area contributed by atoms with Gasteiger partial charge in [-0.15, -0.1) is 0 Å². The lowest BCUT2D eigenvalue weighted by molar-refractivity contribution is -0.154. The summed E-state index contributed by atoms with van der Waals surface area (Å²) in [7, 11) is 2.21. The summed E-state index contributed by atoms with van der Waals surface area (Å²) in [5, 5.41) is 0. The Balaban J connectivity index is 1.50. The number of rotatable bonds is 12. The Kier molecular flexibility index (Phi) is 19.6. The van der Waals surface area contributed by atoms with Gasteiger partial charge < -0.3 is 38.5 Å². The first kappa shape index (κ1) is 62.9. The van der Waals surface area contributed by atoms with E-state index in [1.165, 1.54) is 46.2 Å². The maximum Gasteiger partial charge on any atom is 0.418 e. The van der Waals surface area contributed by atoms with Gasteiger partial charge in [-0.3, -0.25) is 9.59 Å². The lowest BCUT2D eigenvalue weighted by Gasteiger charge is -2.39. The molecule has 0 aromatic heterocycles. The van der Waals surface area contributed by atoms with Crippen molar-refractivity contribution in [3.63, 3.8) is 0 Å². The van der Waals surface area contributed by atoms with Gasteiger partial charge in [0.25, 0.3) is 0 Å². The summed E-state index contributed by atoms with van der Waals surface area (Å²) in [5.41, 5.74) is -4.27. The number of hydrogen-bond donors (Lipinski definition) is 0. The fraction of sp³-hybridized carbons (Fsp3) is 0.433. The molecular weight excluding hydrogens is 1080 g/mol. The molecule has 2 heterocycles. The second-order valence-corrected chi connectivity index (χ2v) is 23.1. The van der Waals surface area contributed by atoms with Crippen LogP contribution in [-0.4, -0.2) is 132 Å². The van der Waals surface area contributed by atoms with Crippen LogP contribution in [0.4, 0.5) is 35.9 Å². The van der Waals surface area contributed by atoms with Crippen molar-refractivity contribution in [2.24, 2.45) is 0 Å². The number of carbonyl (C=O) groups is 6. The quantitative estimate of drug-likeness (QED) is 0.0577. The van der Waals surface area contributed by atoms with E-state index in [4.69, 9.17) is 18.9 Å². The average Bonchev–Trinajstić information content (AvgIpc) is 3.48. The van der Waals surface area contributed by atoms with Crippen LogP contribution in [0.3, 0.4) is 0 Å². The summed E-state index contributed by atoms with van der Waals surface area (Å²) in [4.78, 5) is 83.9. The molecule has 0 spiro atoms. The molecule has 0 radical (unpaired) electrons. The highest BCUT2D eigenvalue weighted by Gasteiger charge is 2.44. The third-order valence-corrected chi connectivity index (χ3v) is 14.4. The van der Waals surface area contributed by atoms with Gasteiger partial charge in [-0.2, -0.15) is 26.3 Å². The molecule has 2 aliphatic heterocycles. The highest BCUT2D eigenvalue weighted by atomic mass is 32.2. The van der Waals surface area contributed by atoms with Crippen molar-refractivity contribution in [3.8, 4) is 22.3 Å². The molecule has 21 heteroatoms. The normalized spacial score (nSPS) is 16.6. The Labute approximate surface area is 472 Å². The fourth-order valence-corrected chi connectivity index (χ4v) is 10.8. The molecular formula is C60H68F6N4O10S. The first-order chi connectivity index (χ1) is 37.8. The summed E-state index contributed by atoms with van der Waals surface area (Å²) < 4.78 is 118. The summed E-state index contributed by atoms with van der Waals surface area (Å²) in [5.74, 6) is -4.03. The largest absolute Gasteiger partial charge is 0.467 e. The molecule has 14 nitrogen and oxygen atoms in total. The van der Waals surface area contributed by atoms with Crippen LogP contribution in [0, 0.1) is 0 Å². The molecule has 2 aliphatic rings. The smallest absolute Gasteiger partial charge is 0.418 e. The third kappa shape index (κ3) is 15.2. The van der Waals surface area contributed by atoms with Crippen molar-refractivity contribution in [1.82, 2.24) is 19.6 Å². The van der Waals surface area contributed by atoms with Crippen LogP contribution < -0.4 is 0 Å². The second-order valence-electron chi connectivity index (χ2n) is 22.0. The molecule has 4 aromatic rings. The molecule has 2 fully saturated rings. The van der Waals surface area contributed by atoms with Gasteiger partial charge >= 0.3 is 36.5 Å². The van der Waals surface area contributed by atoms with E-state index in [9.17, 15) is 28.8 Å². The summed E-state index contributed by atoms with van der Waals surface area (Å²) in [6, 6.07) is 14.6. The van der Waals surface area contributed by atoms with Gasteiger partial charge in [0.2, 0.25) is 11.8 Å². The number of hydrogen-bond acceptors (Lipinski definition) is 11. The number of piperazine rings is 2. The molecule has 0 saturated carbocycles. The number of alkyl halides is 6. The van der Waals surface area contributed by atoms with Gasteiger partial charge in [-0.25, -0.2) is 19.2 Å². The molecule has 0 aliphatic carbocycles. The van der Waals surface area contributed by atoms with Crippen LogP contribution >= 0.6 is 11.8 Å². The van der Waals surface area contributed by atoms with Crippen LogP contribution in [0.15, 0.2) is 94.7 Å². The minimum absolute atomic E-state index is 0.0486. The number of benzene rings is 4. The Hall–Kier alpha value is -7.29. The SMILES string of the molecule is COC(=O)C1CN(C(=O)OC(C)(C)C)CCN1C(=O)/C=C/c1ccc(Sc2ccc(/C=C/C(=O)N3CCN(C(=O)OC(C)(C)C)CC3C(=O)OC)c(-c3ccccc3C(C)C)c2C(F)(F)F)c(C(F)(F)F)c1-c1ccccc1C(C)C. The Bertz CT molecular complexity index is 2880. The van der Waals surface area contributed by atoms with Crippen LogP contribution in [0.1, 0.15) is 114 Å². The van der Waals surface area contributed by atoms with E-state index in [1.807, 2.05) is 0 Å². The molecule has 6 rings (SSSR count). The maximum absolute atomic E-state index is 16.2. The van der Waals surface area contributed by atoms with Crippen molar-refractivity contribution in [2.45, 2.75) is 127 Å². The Morgan fingerprint density at radius 1 is 0.531 bits per heavy atom. The van der Waals surface area contributed by atoms with Crippen molar-refractivity contribution in [1.29, 1.82) is 0 Å². The molecule has 4 amide bonds. The van der Waals surface area contributed by atoms with E-state index in [0.29, 0.717) is 11.1 Å². The maximum atomic E-state index is 16.2. The number of carbonyl (C=O) groups excluding carboxylic acids is 6. The lowest BCUT2D eigenvalue weighted by atomic mass is 9.87. The molecule has 2 unspecified atom stereocenters. The predicted octanol–water partition coefficient (Wildman–Crippen LogP) is 12.7. The van der Waals surface area contributed by atoms with Crippen molar-refractivity contribution in [2.75, 3.05) is 53.5 Å². The highest BCUT2D eigenvalue weighted by Crippen LogP contribution is 2.52. The molecule has 81 heavy (non-hydrogen) atoms. The van der Waals surface area contributed by atoms with E-state index in [0.717, 1.165) is 60.5 Å². The van der Waals surface area contributed by atoms with E-state index >= 15 is 26.3 Å². The van der Waals surface area contributed by atoms with Gasteiger partial charge in [0, 0.05) is 59.2 Å². The van der Waals surface area contributed by atoms with Gasteiger partial charge in [-0.05, 0) is 111 Å². The number of halogens is 6. The van der Waals surface area contributed by atoms with Gasteiger partial charge in [0.15, 0.2) is 0 Å². The number of methoxy groups -OCH3 is 2. The number of nitrogens with zero attached hydrogens (tertiary/aromatic N) is 4. The first-order valence-electron chi connectivity index (χ1n) is 26.2. The minimum atomic E-state index is -5.22. The lowest BCUT2D eigenvalue weighted by Crippen LogP contribution is -2.59. The zero-order valence-corrected chi connectivity index (χ0v) is 48.2. The first-order valence-corrected chi connectivity index (χ1v) is 27.0. The van der Waals surface area contributed by atoms with Crippen molar-refractivity contribution in [3.05, 3.63) is 118 Å². The fourth-order valence-electron chi connectivity index (χ4n) is 9.63. The van der Waals surface area contributed by atoms with Crippen LogP contribution in [0.25, 0.3) is 34.4 Å². The average molecular weight is 1150 g/mol. The van der Waals surface area contributed by atoms with Crippen molar-refractivity contribution < 1.29 is 74.1 Å². The van der Waals surface area contributed by atoms with Crippen LogP contribution in [0.2, 0.25) is 0 Å². The molecule has 436 valence electrons. The number of amides is 4. The van der Waals surface area contributed by atoms with Gasteiger partial charge in [0.05, 0.1) is 38.4 Å². The van der Waals surface area contributed by atoms with Gasteiger partial charge in [-0.1, -0.05) is 100 Å². The summed E-state index contributed by atoms with van der Waals surface area (Å²) in [6.45, 7) is 16.0. The number of esters is 2. The summed E-state index contributed by atoms with van der Waals surface area (Å²) in [6.07, 6.45) is -7.59. The molecule has 4 aromatic carbocycles. The second kappa shape index (κ2) is 25.2. The third-order valence-electron chi connectivity index (χ3n) is 13.3. The molecule has 0 bridgehead atoms. The van der Waals surface area contributed by atoms with Crippen LogP contribution in [-0.2, 0) is 50.5 Å². The van der Waals surface area contributed by atoms with Crippen molar-refractivity contribution >= 4 is 59.9 Å². The monoisotopic (exact) mass is 1150 g/mol. The van der Waals surface area contributed by atoms with E-state index in [1.54, 1.807) is 93.5 Å². The molecule has 2 saturated heterocycles. The highest BCUT2D eigenvalue weighted by molar-refractivity contribution is 7.99. The van der Waals surface area contributed by atoms with E-state index in [2.05, 4.69) is 0 Å². The van der Waals surface area contributed by atoms with E-state index in [-0.39, 0.29) is 85.1 Å². The van der Waals surface area contributed by atoms with Crippen LogP contribution in [0.5, 0.6) is 0 Å². The Morgan fingerprint density at radius 2 is 0.877 bits per heavy atom. The van der Waals surface area contributed by atoms with E-state index < -0.39 is 104 Å². The topological polar surface area (TPSA) is 152 Å². The standard InChI is InChI=1S/C60H68F6N4O10S/c1-35(2)39-17-13-15-19-41(39)49-37(23-27-47(71)69-31-29-67(33-43(69)53(73)77-11)55(75)79-57(5,6)7)21-25-45(51(49)59(61,62)63)81-46-26-22-38(50(52(46)60(64,65)66)42-20-16-14-18-40(42)36(3)4)24-28-48(72)70-32-30-68(34-44(70)54(74)78-12)56(76)80-58(8,9)10/h13-28,35-36,43-44H,29-34H2,1-12H3/b27-23+,28-24+. The zero-order chi connectivity index (χ0) is 60.1. The Morgan fingerprint density at radius 3 is 1.19 bits per heavy atom. The molecule has 0 N–H and O–H groups in total.